The molecule has 1 N–H and O–H groups in total. The minimum atomic E-state index is 0.0812. The molecule has 2 aliphatic rings. The van der Waals surface area contributed by atoms with Crippen molar-refractivity contribution < 1.29 is 4.79 Å². The van der Waals surface area contributed by atoms with Gasteiger partial charge in [-0.1, -0.05) is 43.5 Å². The lowest BCUT2D eigenvalue weighted by Gasteiger charge is -2.15. The first-order valence-electron chi connectivity index (χ1n) is 7.62. The average Bonchev–Trinajstić information content (AvgIpc) is 3.11. The van der Waals surface area contributed by atoms with Gasteiger partial charge < -0.3 is 0 Å². The number of nitrogens with one attached hydrogen (secondary N) is 1. The molecule has 0 unspecified atom stereocenters. The highest BCUT2D eigenvalue weighted by atomic mass is 35.5. The molecule has 21 heavy (non-hydrogen) atoms. The molecule has 3 atom stereocenters. The van der Waals surface area contributed by atoms with E-state index in [-0.39, 0.29) is 17.2 Å². The molecule has 112 valence electrons. The largest absolute Gasteiger partial charge is 0.273 e. The summed E-state index contributed by atoms with van der Waals surface area (Å²) in [6.45, 7) is 4.14. The summed E-state index contributed by atoms with van der Waals surface area (Å²) in [6, 6.07) is 7.47. The molecule has 0 radical (unpaired) electrons. The fourth-order valence-electron chi connectivity index (χ4n) is 3.81. The maximum absolute atomic E-state index is 12.3. The summed E-state index contributed by atoms with van der Waals surface area (Å²) in [5.74, 6) is 0.803. The Morgan fingerprint density at radius 2 is 2.05 bits per heavy atom. The zero-order valence-electron chi connectivity index (χ0n) is 12.5. The third kappa shape index (κ3) is 2.71. The number of hydrogen-bond acceptors (Lipinski definition) is 2. The minimum Gasteiger partial charge on any atom is -0.273 e. The van der Waals surface area contributed by atoms with Gasteiger partial charge in [0.25, 0.3) is 0 Å². The molecule has 3 nitrogen and oxygen atoms in total. The normalized spacial score (nSPS) is 31.5. The molecule has 0 aromatic heterocycles. The van der Waals surface area contributed by atoms with Crippen LogP contribution in [0.15, 0.2) is 29.4 Å². The van der Waals surface area contributed by atoms with Gasteiger partial charge in [-0.15, -0.1) is 0 Å². The highest BCUT2D eigenvalue weighted by Crippen LogP contribution is 2.66. The number of hydrazone groups is 1. The monoisotopic (exact) mass is 304 g/mol. The Balaban J connectivity index is 1.63. The predicted octanol–water partition coefficient (Wildman–Crippen LogP) is 4.01. The molecule has 0 spiro atoms. The van der Waals surface area contributed by atoms with E-state index >= 15 is 0 Å². The van der Waals surface area contributed by atoms with Gasteiger partial charge in [-0.05, 0) is 48.8 Å². The first-order valence-corrected chi connectivity index (χ1v) is 8.00. The fraction of sp³-hybridized carbons (Fsp3) is 0.529. The van der Waals surface area contributed by atoms with Crippen LogP contribution < -0.4 is 5.43 Å². The Hall–Kier alpha value is -1.35. The molecule has 1 amide bonds. The lowest BCUT2D eigenvalue weighted by atomic mass is 9.90. The van der Waals surface area contributed by atoms with Crippen molar-refractivity contribution in [3.05, 3.63) is 34.9 Å². The van der Waals surface area contributed by atoms with Crippen molar-refractivity contribution in [2.24, 2.45) is 22.4 Å². The van der Waals surface area contributed by atoms with Gasteiger partial charge in [0.05, 0.1) is 5.71 Å². The summed E-state index contributed by atoms with van der Waals surface area (Å²) < 4.78 is 0. The van der Waals surface area contributed by atoms with Crippen molar-refractivity contribution in [1.29, 1.82) is 0 Å². The summed E-state index contributed by atoms with van der Waals surface area (Å²) in [5.41, 5.74) is 4.75. The van der Waals surface area contributed by atoms with E-state index in [4.69, 9.17) is 11.6 Å². The Morgan fingerprint density at radius 3 is 2.67 bits per heavy atom. The van der Waals surface area contributed by atoms with Crippen molar-refractivity contribution in [2.75, 3.05) is 0 Å². The molecule has 3 rings (SSSR count). The highest BCUT2D eigenvalue weighted by Gasteiger charge is 2.64. The van der Waals surface area contributed by atoms with Gasteiger partial charge >= 0.3 is 0 Å². The van der Waals surface area contributed by atoms with Crippen LogP contribution in [0, 0.1) is 17.3 Å². The quantitative estimate of drug-likeness (QED) is 0.665. The van der Waals surface area contributed by atoms with Crippen LogP contribution in [-0.4, -0.2) is 11.6 Å². The topological polar surface area (TPSA) is 41.5 Å². The zero-order valence-corrected chi connectivity index (χ0v) is 13.3. The fourth-order valence-corrected chi connectivity index (χ4v) is 3.94. The number of halogens is 1. The van der Waals surface area contributed by atoms with E-state index < -0.39 is 0 Å². The number of benzene rings is 1. The lowest BCUT2D eigenvalue weighted by molar-refractivity contribution is -0.123. The second-order valence-electron chi connectivity index (χ2n) is 6.52. The smallest absolute Gasteiger partial charge is 0.244 e. The van der Waals surface area contributed by atoms with E-state index in [1.54, 1.807) is 0 Å². The third-order valence-electron chi connectivity index (χ3n) is 5.21. The predicted molar refractivity (Wildman–Crippen MR) is 85.4 cm³/mol. The summed E-state index contributed by atoms with van der Waals surface area (Å²) in [4.78, 5) is 12.3. The molecular formula is C17H21ClN2O. The van der Waals surface area contributed by atoms with E-state index in [2.05, 4.69) is 17.5 Å². The van der Waals surface area contributed by atoms with Gasteiger partial charge in [-0.2, -0.15) is 5.10 Å². The van der Waals surface area contributed by atoms with Crippen molar-refractivity contribution in [3.8, 4) is 0 Å². The van der Waals surface area contributed by atoms with Crippen LogP contribution in [0.25, 0.3) is 0 Å². The molecule has 0 heterocycles. The van der Waals surface area contributed by atoms with Crippen LogP contribution in [0.3, 0.4) is 0 Å². The van der Waals surface area contributed by atoms with Crippen LogP contribution in [-0.2, 0) is 4.79 Å². The number of carbonyl (C=O) groups is 1. The van der Waals surface area contributed by atoms with Crippen LogP contribution in [0.2, 0.25) is 5.02 Å². The molecule has 0 bridgehead atoms. The Kier molecular flexibility index (Phi) is 3.78. The van der Waals surface area contributed by atoms with E-state index in [1.807, 2.05) is 31.2 Å². The standard InChI is InChI=1S/C17H21ClN2O/c1-11(12-6-8-13(18)9-7-12)19-20-16(21)15-14-5-3-4-10-17(14,15)2/h6-9,14-15H,3-5,10H2,1-2H3,(H,20,21)/b19-11-/t14-,15+,17-/m1/s1. The van der Waals surface area contributed by atoms with Gasteiger partial charge in [0.2, 0.25) is 5.91 Å². The van der Waals surface area contributed by atoms with E-state index in [0.717, 1.165) is 11.3 Å². The van der Waals surface area contributed by atoms with Crippen LogP contribution in [0.1, 0.15) is 45.1 Å². The lowest BCUT2D eigenvalue weighted by Crippen LogP contribution is -2.23. The molecule has 1 aromatic carbocycles. The third-order valence-corrected chi connectivity index (χ3v) is 5.46. The van der Waals surface area contributed by atoms with E-state index in [1.165, 1.54) is 25.7 Å². The number of hydrogen-bond donors (Lipinski definition) is 1. The maximum atomic E-state index is 12.3. The summed E-state index contributed by atoms with van der Waals surface area (Å²) in [6.07, 6.45) is 4.88. The molecule has 0 aliphatic heterocycles. The Morgan fingerprint density at radius 1 is 1.33 bits per heavy atom. The van der Waals surface area contributed by atoms with E-state index in [0.29, 0.717) is 10.9 Å². The zero-order chi connectivity index (χ0) is 15.0. The number of carbonyl (C=O) groups excluding carboxylic acids is 1. The van der Waals surface area contributed by atoms with Crippen molar-refractivity contribution >= 4 is 23.2 Å². The van der Waals surface area contributed by atoms with Crippen molar-refractivity contribution in [1.82, 2.24) is 5.43 Å². The van der Waals surface area contributed by atoms with Crippen LogP contribution in [0.4, 0.5) is 0 Å². The van der Waals surface area contributed by atoms with Gasteiger partial charge in [0.1, 0.15) is 0 Å². The van der Waals surface area contributed by atoms with E-state index in [9.17, 15) is 4.79 Å². The Bertz CT molecular complexity index is 581. The second kappa shape index (κ2) is 5.45. The molecule has 0 saturated heterocycles. The van der Waals surface area contributed by atoms with Gasteiger partial charge in [0, 0.05) is 10.9 Å². The molecule has 1 aromatic rings. The van der Waals surface area contributed by atoms with Crippen molar-refractivity contribution in [2.45, 2.75) is 39.5 Å². The van der Waals surface area contributed by atoms with Gasteiger partial charge in [-0.3, -0.25) is 4.79 Å². The molecule has 2 saturated carbocycles. The second-order valence-corrected chi connectivity index (χ2v) is 6.95. The summed E-state index contributed by atoms with van der Waals surface area (Å²) in [7, 11) is 0. The van der Waals surface area contributed by atoms with Crippen molar-refractivity contribution in [3.63, 3.8) is 0 Å². The molecular weight excluding hydrogens is 284 g/mol. The summed E-state index contributed by atoms with van der Waals surface area (Å²) >= 11 is 5.87. The highest BCUT2D eigenvalue weighted by molar-refractivity contribution is 6.30. The van der Waals surface area contributed by atoms with Crippen LogP contribution in [0.5, 0.6) is 0 Å². The number of nitrogens with zero attached hydrogens (tertiary/aromatic N) is 1. The van der Waals surface area contributed by atoms with Gasteiger partial charge in [0.15, 0.2) is 0 Å². The molecule has 4 heteroatoms. The molecule has 2 aliphatic carbocycles. The number of rotatable bonds is 3. The SMILES string of the molecule is C/C(=N/NC(=O)[C@@H]1[C@H]2CCCC[C@]21C)c1ccc(Cl)cc1. The minimum absolute atomic E-state index is 0.0812. The summed E-state index contributed by atoms with van der Waals surface area (Å²) in [5, 5.41) is 4.95. The first-order chi connectivity index (χ1) is 10.0. The number of fused-ring (bicyclic) bond motifs is 1. The number of amides is 1. The Labute approximate surface area is 130 Å². The van der Waals surface area contributed by atoms with Gasteiger partial charge in [-0.25, -0.2) is 5.43 Å². The van der Waals surface area contributed by atoms with Crippen LogP contribution >= 0.6 is 11.6 Å². The average molecular weight is 305 g/mol. The molecule has 2 fully saturated rings. The first kappa shape index (κ1) is 14.6. The maximum Gasteiger partial charge on any atom is 0.244 e.